The summed E-state index contributed by atoms with van der Waals surface area (Å²) in [5, 5.41) is 12.8. The number of nitrogens with one attached hydrogen (secondary N) is 1. The molecule has 0 saturated carbocycles. The highest BCUT2D eigenvalue weighted by Gasteiger charge is 2.19. The summed E-state index contributed by atoms with van der Waals surface area (Å²) in [4.78, 5) is 4.25. The number of hydrogen-bond donors (Lipinski definition) is 2. The molecule has 0 spiro atoms. The van der Waals surface area contributed by atoms with Crippen LogP contribution in [0.2, 0.25) is 0 Å². The number of aryl methyl sites for hydroxylation is 1. The fraction of sp³-hybridized carbons (Fsp3) is 0.750. The molecule has 1 aromatic heterocycles. The first-order chi connectivity index (χ1) is 7.41. The van der Waals surface area contributed by atoms with E-state index < -0.39 is 0 Å². The van der Waals surface area contributed by atoms with Crippen LogP contribution in [-0.2, 0) is 13.6 Å². The molecular formula is C12H23N3O. The highest BCUT2D eigenvalue weighted by molar-refractivity contribution is 4.90. The zero-order valence-electron chi connectivity index (χ0n) is 10.7. The van der Waals surface area contributed by atoms with Gasteiger partial charge >= 0.3 is 0 Å². The van der Waals surface area contributed by atoms with Gasteiger partial charge in [0.2, 0.25) is 0 Å². The average molecular weight is 225 g/mol. The lowest BCUT2D eigenvalue weighted by molar-refractivity contribution is 0.128. The van der Waals surface area contributed by atoms with Crippen LogP contribution in [-0.4, -0.2) is 27.3 Å². The van der Waals surface area contributed by atoms with Crippen molar-refractivity contribution in [1.82, 2.24) is 14.9 Å². The average Bonchev–Trinajstić information content (AvgIpc) is 2.49. The van der Waals surface area contributed by atoms with Crippen molar-refractivity contribution < 1.29 is 5.11 Å². The topological polar surface area (TPSA) is 50.1 Å². The highest BCUT2D eigenvalue weighted by atomic mass is 16.3. The Morgan fingerprint density at radius 1 is 1.56 bits per heavy atom. The zero-order chi connectivity index (χ0) is 12.2. The van der Waals surface area contributed by atoms with Gasteiger partial charge in [-0.2, -0.15) is 0 Å². The van der Waals surface area contributed by atoms with E-state index in [-0.39, 0.29) is 11.5 Å². The Kier molecular flexibility index (Phi) is 4.50. The molecule has 1 rings (SSSR count). The number of rotatable bonds is 6. The fourth-order valence-corrected chi connectivity index (χ4v) is 1.95. The van der Waals surface area contributed by atoms with Crippen molar-refractivity contribution in [3.05, 3.63) is 18.2 Å². The predicted octanol–water partition coefficient (Wildman–Crippen LogP) is 1.31. The highest BCUT2D eigenvalue weighted by Crippen LogP contribution is 2.21. The van der Waals surface area contributed by atoms with Gasteiger partial charge in [-0.05, 0) is 18.8 Å². The molecule has 1 aromatic rings. The van der Waals surface area contributed by atoms with Crippen molar-refractivity contribution >= 4 is 0 Å². The van der Waals surface area contributed by atoms with Crippen LogP contribution in [0, 0.1) is 5.41 Å². The van der Waals surface area contributed by atoms with Gasteiger partial charge in [0.25, 0.3) is 0 Å². The minimum absolute atomic E-state index is 0.110. The van der Waals surface area contributed by atoms with Crippen LogP contribution in [0.1, 0.15) is 33.0 Å². The smallest absolute Gasteiger partial charge is 0.122 e. The standard InChI is InChI=1S/C12H23N3O/c1-10(16)7-12(2,3)9-13-8-11-14-5-6-15(11)4/h5-6,10,13,16H,7-9H2,1-4H3. The summed E-state index contributed by atoms with van der Waals surface area (Å²) >= 11 is 0. The Morgan fingerprint density at radius 3 is 2.75 bits per heavy atom. The van der Waals surface area contributed by atoms with Gasteiger partial charge in [0.1, 0.15) is 5.82 Å². The van der Waals surface area contributed by atoms with Gasteiger partial charge < -0.3 is 15.0 Å². The molecule has 0 radical (unpaired) electrons. The zero-order valence-corrected chi connectivity index (χ0v) is 10.7. The maximum absolute atomic E-state index is 9.37. The Morgan fingerprint density at radius 2 is 2.25 bits per heavy atom. The SMILES string of the molecule is CC(O)CC(C)(C)CNCc1nccn1C. The summed E-state index contributed by atoms with van der Waals surface area (Å²) < 4.78 is 2.01. The lowest BCUT2D eigenvalue weighted by atomic mass is 9.87. The molecule has 0 amide bonds. The minimum atomic E-state index is -0.245. The van der Waals surface area contributed by atoms with Crippen LogP contribution in [0.4, 0.5) is 0 Å². The van der Waals surface area contributed by atoms with Gasteiger partial charge in [0.15, 0.2) is 0 Å². The predicted molar refractivity (Wildman–Crippen MR) is 65.0 cm³/mol. The third kappa shape index (κ3) is 4.33. The lowest BCUT2D eigenvalue weighted by Crippen LogP contribution is -2.32. The van der Waals surface area contributed by atoms with Crippen molar-refractivity contribution in [2.24, 2.45) is 12.5 Å². The molecule has 4 heteroatoms. The molecule has 0 fully saturated rings. The van der Waals surface area contributed by atoms with Gasteiger partial charge in [-0.3, -0.25) is 0 Å². The normalized spacial score (nSPS) is 14.1. The molecule has 1 unspecified atom stereocenters. The first kappa shape index (κ1) is 13.2. The maximum atomic E-state index is 9.37. The van der Waals surface area contributed by atoms with Gasteiger partial charge in [-0.15, -0.1) is 0 Å². The quantitative estimate of drug-likeness (QED) is 0.767. The van der Waals surface area contributed by atoms with Crippen LogP contribution >= 0.6 is 0 Å². The molecule has 16 heavy (non-hydrogen) atoms. The van der Waals surface area contributed by atoms with E-state index in [4.69, 9.17) is 0 Å². The lowest BCUT2D eigenvalue weighted by Gasteiger charge is -2.26. The molecule has 1 heterocycles. The summed E-state index contributed by atoms with van der Waals surface area (Å²) in [5.41, 5.74) is 0.110. The van der Waals surface area contributed by atoms with Gasteiger partial charge in [-0.1, -0.05) is 13.8 Å². The molecule has 0 bridgehead atoms. The Balaban J connectivity index is 2.32. The van der Waals surface area contributed by atoms with E-state index in [2.05, 4.69) is 24.1 Å². The summed E-state index contributed by atoms with van der Waals surface area (Å²) in [6.07, 6.45) is 4.31. The van der Waals surface area contributed by atoms with Gasteiger partial charge in [0, 0.05) is 26.0 Å². The first-order valence-electron chi connectivity index (χ1n) is 5.76. The largest absolute Gasteiger partial charge is 0.393 e. The second-order valence-electron chi connectivity index (χ2n) is 5.28. The van der Waals surface area contributed by atoms with Crippen molar-refractivity contribution in [3.8, 4) is 0 Å². The molecule has 0 aliphatic heterocycles. The number of aliphatic hydroxyl groups excluding tert-OH is 1. The molecule has 0 aliphatic rings. The van der Waals surface area contributed by atoms with Crippen molar-refractivity contribution in [1.29, 1.82) is 0 Å². The first-order valence-corrected chi connectivity index (χ1v) is 5.76. The maximum Gasteiger partial charge on any atom is 0.122 e. The number of aliphatic hydroxyl groups is 1. The van der Waals surface area contributed by atoms with Crippen LogP contribution in [0.3, 0.4) is 0 Å². The van der Waals surface area contributed by atoms with Gasteiger partial charge in [-0.25, -0.2) is 4.98 Å². The Labute approximate surface area is 97.7 Å². The molecule has 0 aliphatic carbocycles. The Bertz CT molecular complexity index is 318. The van der Waals surface area contributed by atoms with Crippen LogP contribution in [0.25, 0.3) is 0 Å². The number of hydrogen-bond acceptors (Lipinski definition) is 3. The molecule has 4 nitrogen and oxygen atoms in total. The van der Waals surface area contributed by atoms with E-state index in [0.29, 0.717) is 0 Å². The second kappa shape index (κ2) is 5.46. The summed E-state index contributed by atoms with van der Waals surface area (Å²) in [6.45, 7) is 7.80. The molecule has 92 valence electrons. The van der Waals surface area contributed by atoms with E-state index in [1.165, 1.54) is 0 Å². The summed E-state index contributed by atoms with van der Waals surface area (Å²) in [6, 6.07) is 0. The van der Waals surface area contributed by atoms with Gasteiger partial charge in [0.05, 0.1) is 12.6 Å². The summed E-state index contributed by atoms with van der Waals surface area (Å²) in [5.74, 6) is 1.04. The molecular weight excluding hydrogens is 202 g/mol. The molecule has 2 N–H and O–H groups in total. The monoisotopic (exact) mass is 225 g/mol. The number of imidazole rings is 1. The number of nitrogens with zero attached hydrogens (tertiary/aromatic N) is 2. The van der Waals surface area contributed by atoms with E-state index in [1.54, 1.807) is 6.20 Å². The van der Waals surface area contributed by atoms with Crippen LogP contribution < -0.4 is 5.32 Å². The third-order valence-corrected chi connectivity index (χ3v) is 2.66. The second-order valence-corrected chi connectivity index (χ2v) is 5.28. The van der Waals surface area contributed by atoms with E-state index in [9.17, 15) is 5.11 Å². The van der Waals surface area contributed by atoms with E-state index in [1.807, 2.05) is 24.7 Å². The van der Waals surface area contributed by atoms with Crippen molar-refractivity contribution in [2.45, 2.75) is 39.8 Å². The molecule has 0 saturated heterocycles. The number of aromatic nitrogens is 2. The van der Waals surface area contributed by atoms with E-state index >= 15 is 0 Å². The van der Waals surface area contributed by atoms with Crippen molar-refractivity contribution in [2.75, 3.05) is 6.54 Å². The fourth-order valence-electron chi connectivity index (χ4n) is 1.95. The molecule has 0 aromatic carbocycles. The van der Waals surface area contributed by atoms with Crippen LogP contribution in [0.5, 0.6) is 0 Å². The van der Waals surface area contributed by atoms with Crippen molar-refractivity contribution in [3.63, 3.8) is 0 Å². The molecule has 1 atom stereocenters. The van der Waals surface area contributed by atoms with E-state index in [0.717, 1.165) is 25.3 Å². The third-order valence-electron chi connectivity index (χ3n) is 2.66. The minimum Gasteiger partial charge on any atom is -0.393 e. The Hall–Kier alpha value is -0.870. The summed E-state index contributed by atoms with van der Waals surface area (Å²) in [7, 11) is 1.99. The van der Waals surface area contributed by atoms with Crippen LogP contribution in [0.15, 0.2) is 12.4 Å².